The first-order chi connectivity index (χ1) is 19.9. The average Bonchev–Trinajstić information content (AvgIpc) is 3.57. The maximum absolute atomic E-state index is 14.0. The number of esters is 1. The lowest BCUT2D eigenvalue weighted by Gasteiger charge is -2.23. The fourth-order valence-corrected chi connectivity index (χ4v) is 5.35. The zero-order chi connectivity index (χ0) is 30.3. The van der Waals surface area contributed by atoms with E-state index in [0.717, 1.165) is 18.9 Å². The van der Waals surface area contributed by atoms with E-state index in [-0.39, 0.29) is 48.2 Å². The van der Waals surface area contributed by atoms with Gasteiger partial charge in [0.2, 0.25) is 5.91 Å². The summed E-state index contributed by atoms with van der Waals surface area (Å²) in [7, 11) is 1.34. The van der Waals surface area contributed by atoms with Crippen LogP contribution in [0.15, 0.2) is 30.3 Å². The number of halogens is 3. The molecule has 1 saturated carbocycles. The van der Waals surface area contributed by atoms with E-state index in [2.05, 4.69) is 15.3 Å². The molecule has 224 valence electrons. The lowest BCUT2D eigenvalue weighted by molar-refractivity contribution is -0.147. The van der Waals surface area contributed by atoms with Crippen LogP contribution in [0.3, 0.4) is 0 Å². The van der Waals surface area contributed by atoms with Crippen LogP contribution in [0.5, 0.6) is 5.75 Å². The topological polar surface area (TPSA) is 140 Å². The van der Waals surface area contributed by atoms with Crippen molar-refractivity contribution in [2.45, 2.75) is 57.4 Å². The number of fused-ring (bicyclic) bond motifs is 1. The second-order valence-corrected chi connectivity index (χ2v) is 10.6. The number of H-pyrrole nitrogens is 1. The Balaban J connectivity index is 1.53. The summed E-state index contributed by atoms with van der Waals surface area (Å²) in [6, 6.07) is 4.95. The van der Waals surface area contributed by atoms with Crippen molar-refractivity contribution < 1.29 is 37.0 Å². The zero-order valence-corrected chi connectivity index (χ0v) is 23.4. The summed E-state index contributed by atoms with van der Waals surface area (Å²) in [5.41, 5.74) is 6.66. The van der Waals surface area contributed by atoms with Crippen LogP contribution in [0.2, 0.25) is 0 Å². The number of carbonyl (C=O) groups excluding carboxylic acids is 3. The van der Waals surface area contributed by atoms with E-state index in [0.29, 0.717) is 22.3 Å². The van der Waals surface area contributed by atoms with Crippen LogP contribution < -0.4 is 15.8 Å². The van der Waals surface area contributed by atoms with Crippen molar-refractivity contribution >= 4 is 28.7 Å². The maximum Gasteiger partial charge on any atom is 0.433 e. The Hall–Kier alpha value is -4.13. The summed E-state index contributed by atoms with van der Waals surface area (Å²) < 4.78 is 50.7. The van der Waals surface area contributed by atoms with Crippen LogP contribution in [0.1, 0.15) is 60.9 Å². The van der Waals surface area contributed by atoms with Gasteiger partial charge in [0.1, 0.15) is 23.0 Å². The first kappa shape index (κ1) is 29.4. The number of amides is 2. The standard InChI is InChI=1S/C29H32F3N5O5/c1-4-42-28(40)21-11-16(34-26(38)15-5-6-15)13-37(21)27(39)19-12-20(35-24(19)14(2)33)17-7-9-22(41-3)25-18(17)8-10-23(36-25)29(30,31)32/h7-10,12,14-16,21,35H,4-6,11,13,33H2,1-3H3,(H,34,38)/t14-,16+,21-/m0/s1. The van der Waals surface area contributed by atoms with Crippen molar-refractivity contribution in [1.82, 2.24) is 20.2 Å². The van der Waals surface area contributed by atoms with E-state index >= 15 is 0 Å². The first-order valence-corrected chi connectivity index (χ1v) is 13.7. The summed E-state index contributed by atoms with van der Waals surface area (Å²) in [4.78, 5) is 47.6. The molecule has 10 nitrogen and oxygen atoms in total. The van der Waals surface area contributed by atoms with E-state index in [1.54, 1.807) is 26.0 Å². The third-order valence-corrected chi connectivity index (χ3v) is 7.57. The number of pyridine rings is 1. The van der Waals surface area contributed by atoms with Gasteiger partial charge in [-0.3, -0.25) is 9.59 Å². The molecule has 1 aliphatic carbocycles. The molecular weight excluding hydrogens is 555 g/mol. The highest BCUT2D eigenvalue weighted by Gasteiger charge is 2.43. The second kappa shape index (κ2) is 11.3. The van der Waals surface area contributed by atoms with Crippen molar-refractivity contribution in [3.05, 3.63) is 47.3 Å². The van der Waals surface area contributed by atoms with Crippen molar-refractivity contribution in [2.75, 3.05) is 20.3 Å². The van der Waals surface area contributed by atoms with Gasteiger partial charge in [0.05, 0.1) is 19.3 Å². The highest BCUT2D eigenvalue weighted by molar-refractivity contribution is 6.02. The maximum atomic E-state index is 14.0. The number of hydrogen-bond donors (Lipinski definition) is 3. The van der Waals surface area contributed by atoms with Crippen LogP contribution in [0.4, 0.5) is 13.2 Å². The summed E-state index contributed by atoms with van der Waals surface area (Å²) in [6.45, 7) is 3.59. The van der Waals surface area contributed by atoms with Crippen molar-refractivity contribution in [3.63, 3.8) is 0 Å². The van der Waals surface area contributed by atoms with Crippen molar-refractivity contribution in [2.24, 2.45) is 11.7 Å². The van der Waals surface area contributed by atoms with E-state index in [1.807, 2.05) is 0 Å². The zero-order valence-electron chi connectivity index (χ0n) is 23.4. The number of carbonyl (C=O) groups is 3. The third kappa shape index (κ3) is 5.65. The minimum atomic E-state index is -4.65. The predicted octanol–water partition coefficient (Wildman–Crippen LogP) is 3.95. The van der Waals surface area contributed by atoms with E-state index < -0.39 is 41.9 Å². The Morgan fingerprint density at radius 1 is 1.21 bits per heavy atom. The van der Waals surface area contributed by atoms with Gasteiger partial charge in [-0.05, 0) is 57.0 Å². The monoisotopic (exact) mass is 587 g/mol. The van der Waals surface area contributed by atoms with Gasteiger partial charge in [-0.25, -0.2) is 9.78 Å². The number of benzene rings is 1. The molecule has 0 radical (unpaired) electrons. The molecule has 4 N–H and O–H groups in total. The highest BCUT2D eigenvalue weighted by atomic mass is 19.4. The van der Waals surface area contributed by atoms with E-state index in [9.17, 15) is 27.6 Å². The van der Waals surface area contributed by atoms with Gasteiger partial charge < -0.3 is 30.4 Å². The van der Waals surface area contributed by atoms with Gasteiger partial charge in [-0.1, -0.05) is 0 Å². The number of alkyl halides is 3. The lowest BCUT2D eigenvalue weighted by atomic mass is 10.0. The molecule has 0 bridgehead atoms. The molecule has 3 heterocycles. The molecule has 1 saturated heterocycles. The summed E-state index contributed by atoms with van der Waals surface area (Å²) >= 11 is 0. The Labute approximate surface area is 239 Å². The first-order valence-electron chi connectivity index (χ1n) is 13.7. The van der Waals surface area contributed by atoms with Crippen LogP contribution in [-0.2, 0) is 20.5 Å². The molecule has 0 unspecified atom stereocenters. The number of hydrogen-bond acceptors (Lipinski definition) is 7. The number of ether oxygens (including phenoxy) is 2. The Bertz CT molecular complexity index is 1530. The Morgan fingerprint density at radius 2 is 1.95 bits per heavy atom. The van der Waals surface area contributed by atoms with Crippen molar-refractivity contribution in [3.8, 4) is 17.0 Å². The SMILES string of the molecule is CCOC(=O)[C@@H]1C[C@@H](NC(=O)C2CC2)CN1C(=O)c1cc(-c2ccc(OC)c3nc(C(F)(F)F)ccc23)[nH]c1[C@H](C)N. The number of nitrogens with two attached hydrogens (primary N) is 1. The molecule has 1 aromatic carbocycles. The molecular formula is C29H32F3N5O5. The number of likely N-dealkylation sites (tertiary alicyclic amines) is 1. The molecule has 3 atom stereocenters. The fraction of sp³-hybridized carbons (Fsp3) is 0.448. The highest BCUT2D eigenvalue weighted by Crippen LogP contribution is 2.38. The quantitative estimate of drug-likeness (QED) is 0.339. The van der Waals surface area contributed by atoms with Gasteiger partial charge >= 0.3 is 12.1 Å². The molecule has 0 spiro atoms. The molecule has 2 aliphatic rings. The molecule has 2 aromatic heterocycles. The Morgan fingerprint density at radius 3 is 2.57 bits per heavy atom. The summed E-state index contributed by atoms with van der Waals surface area (Å²) in [5, 5.41) is 3.31. The molecule has 2 fully saturated rings. The summed E-state index contributed by atoms with van der Waals surface area (Å²) in [6.07, 6.45) is -2.80. The minimum Gasteiger partial charge on any atom is -0.494 e. The number of nitrogens with zero attached hydrogens (tertiary/aromatic N) is 2. The number of nitrogens with one attached hydrogen (secondary N) is 2. The van der Waals surface area contributed by atoms with E-state index in [1.165, 1.54) is 24.1 Å². The van der Waals surface area contributed by atoms with Crippen molar-refractivity contribution in [1.29, 1.82) is 0 Å². The molecule has 2 amide bonds. The fourth-order valence-electron chi connectivity index (χ4n) is 5.35. The van der Waals surface area contributed by atoms with Gasteiger partial charge in [0, 0.05) is 53.3 Å². The normalized spacial score (nSPS) is 19.5. The summed E-state index contributed by atoms with van der Waals surface area (Å²) in [5.74, 6) is -1.02. The minimum absolute atomic E-state index is 0.00538. The van der Waals surface area contributed by atoms with Crippen LogP contribution in [0, 0.1) is 5.92 Å². The smallest absolute Gasteiger partial charge is 0.433 e. The van der Waals surface area contributed by atoms with Crippen LogP contribution in [-0.4, -0.2) is 65.0 Å². The number of aromatic nitrogens is 2. The third-order valence-electron chi connectivity index (χ3n) is 7.57. The van der Waals surface area contributed by atoms with Gasteiger partial charge in [0.15, 0.2) is 0 Å². The molecule has 3 aromatic rings. The number of aromatic amines is 1. The number of methoxy groups -OCH3 is 1. The lowest BCUT2D eigenvalue weighted by Crippen LogP contribution is -2.42. The second-order valence-electron chi connectivity index (χ2n) is 10.6. The van der Waals surface area contributed by atoms with Crippen LogP contribution >= 0.6 is 0 Å². The van der Waals surface area contributed by atoms with Gasteiger partial charge in [-0.15, -0.1) is 0 Å². The largest absolute Gasteiger partial charge is 0.494 e. The van der Waals surface area contributed by atoms with E-state index in [4.69, 9.17) is 15.2 Å². The van der Waals surface area contributed by atoms with Gasteiger partial charge in [0.25, 0.3) is 5.91 Å². The molecule has 13 heteroatoms. The van der Waals surface area contributed by atoms with Gasteiger partial charge in [-0.2, -0.15) is 13.2 Å². The molecule has 5 rings (SSSR count). The van der Waals surface area contributed by atoms with Crippen LogP contribution in [0.25, 0.3) is 22.2 Å². The predicted molar refractivity (Wildman–Crippen MR) is 146 cm³/mol. The molecule has 1 aliphatic heterocycles. The number of rotatable bonds is 8. The Kier molecular flexibility index (Phi) is 7.88. The average molecular weight is 588 g/mol. The molecule has 42 heavy (non-hydrogen) atoms.